The molecule has 3 rings (SSSR count). The van der Waals surface area contributed by atoms with Gasteiger partial charge in [-0.2, -0.15) is 0 Å². The van der Waals surface area contributed by atoms with Gasteiger partial charge >= 0.3 is 24.4 Å². The van der Waals surface area contributed by atoms with Gasteiger partial charge in [0.15, 0.2) is 6.29 Å². The molecule has 10 atom stereocenters. The SMILES string of the molecule is CN(C(=O)OC(C)(C)C)[C@@H]1[C@@H](O)[C@@H](O[C@@H]2C[C@H](O[C@H]3OC(CNCCO)=CC[C@H]3NC(=O)OC(C)(C)C)[C@@H](NC(=O)OC(C)(C)C)C[C@H]2NC(=O)CCCNC(=O)OC(C)(C)C)OC[C@]1(C)O. The zero-order valence-corrected chi connectivity index (χ0v) is 41.9. The summed E-state index contributed by atoms with van der Waals surface area (Å²) < 4.78 is 47.5. The fraction of sp³-hybridized carbons (Fsp3) is 0.844. The molecule has 3 aliphatic rings. The maximum atomic E-state index is 13.7. The molecule has 2 heterocycles. The van der Waals surface area contributed by atoms with Crippen LogP contribution in [0.1, 0.15) is 122 Å². The predicted molar refractivity (Wildman–Crippen MR) is 242 cm³/mol. The van der Waals surface area contributed by atoms with Crippen molar-refractivity contribution in [3.8, 4) is 0 Å². The maximum Gasteiger partial charge on any atom is 0.410 e. The summed E-state index contributed by atoms with van der Waals surface area (Å²) in [5.41, 5.74) is -5.09. The van der Waals surface area contributed by atoms with Gasteiger partial charge in [0.25, 0.3) is 0 Å². The average Bonchev–Trinajstić information content (AvgIpc) is 3.14. The lowest BCUT2D eigenvalue weighted by Crippen LogP contribution is -2.68. The van der Waals surface area contributed by atoms with Crippen LogP contribution in [0, 0.1) is 0 Å². The van der Waals surface area contributed by atoms with Crippen molar-refractivity contribution in [1.82, 2.24) is 31.5 Å². The molecule has 8 N–H and O–H groups in total. The molecular weight excluding hydrogens is 881 g/mol. The Morgan fingerprint density at radius 2 is 1.27 bits per heavy atom. The average molecular weight is 961 g/mol. The molecule has 2 fully saturated rings. The minimum Gasteiger partial charge on any atom is -0.466 e. The number of rotatable bonds is 16. The molecule has 0 unspecified atom stereocenters. The number of likely N-dealkylation sites (N-methyl/N-ethyl adjacent to an activating group) is 1. The molecule has 386 valence electrons. The van der Waals surface area contributed by atoms with E-state index in [1.165, 1.54) is 14.0 Å². The molecule has 0 aromatic heterocycles. The van der Waals surface area contributed by atoms with E-state index in [4.69, 9.17) is 37.9 Å². The van der Waals surface area contributed by atoms with Crippen LogP contribution < -0.4 is 26.6 Å². The summed E-state index contributed by atoms with van der Waals surface area (Å²) in [6, 6.07) is -3.89. The van der Waals surface area contributed by atoms with Crippen LogP contribution in [-0.4, -0.2) is 173 Å². The number of ether oxygens (including phenoxy) is 8. The molecule has 1 saturated heterocycles. The van der Waals surface area contributed by atoms with E-state index in [0.717, 1.165) is 4.90 Å². The monoisotopic (exact) mass is 961 g/mol. The van der Waals surface area contributed by atoms with Gasteiger partial charge in [0.1, 0.15) is 39.9 Å². The summed E-state index contributed by atoms with van der Waals surface area (Å²) >= 11 is 0. The molecule has 22 heteroatoms. The number of aliphatic hydroxyl groups excluding tert-OH is 2. The van der Waals surface area contributed by atoms with Gasteiger partial charge in [-0.15, -0.1) is 0 Å². The summed E-state index contributed by atoms with van der Waals surface area (Å²) in [5, 5.41) is 47.1. The number of carbonyl (C=O) groups is 5. The first-order valence-electron chi connectivity index (χ1n) is 23.0. The number of nitrogens with zero attached hydrogens (tertiary/aromatic N) is 1. The Balaban J connectivity index is 2.03. The summed E-state index contributed by atoms with van der Waals surface area (Å²) in [5.74, 6) is 0.0242. The van der Waals surface area contributed by atoms with Crippen molar-refractivity contribution >= 4 is 30.3 Å². The number of nitrogens with one attached hydrogen (secondary N) is 5. The van der Waals surface area contributed by atoms with Gasteiger partial charge in [-0.3, -0.25) is 4.79 Å². The summed E-state index contributed by atoms with van der Waals surface area (Å²) in [6.07, 6.45) is -7.22. The Morgan fingerprint density at radius 3 is 1.82 bits per heavy atom. The smallest absolute Gasteiger partial charge is 0.410 e. The van der Waals surface area contributed by atoms with Crippen molar-refractivity contribution < 1.29 is 77.2 Å². The largest absolute Gasteiger partial charge is 0.466 e. The maximum absolute atomic E-state index is 13.7. The fourth-order valence-corrected chi connectivity index (χ4v) is 7.50. The van der Waals surface area contributed by atoms with Gasteiger partial charge in [-0.05, 0) is 115 Å². The summed E-state index contributed by atoms with van der Waals surface area (Å²) in [4.78, 5) is 66.9. The molecule has 1 saturated carbocycles. The highest BCUT2D eigenvalue weighted by Crippen LogP contribution is 2.35. The second-order valence-electron chi connectivity index (χ2n) is 21.4. The first kappa shape index (κ1) is 57.1. The third kappa shape index (κ3) is 20.1. The highest BCUT2D eigenvalue weighted by atomic mass is 16.7. The molecule has 22 nitrogen and oxygen atoms in total. The van der Waals surface area contributed by atoms with Crippen LogP contribution in [0.25, 0.3) is 0 Å². The van der Waals surface area contributed by atoms with Crippen molar-refractivity contribution in [2.45, 2.75) is 205 Å². The Kier molecular flexibility index (Phi) is 20.4. The number of amides is 5. The molecule has 5 amide bonds. The second kappa shape index (κ2) is 23.9. The second-order valence-corrected chi connectivity index (χ2v) is 21.4. The standard InChI is InChI=1S/C45H80N6O16/c1-41(2,3)64-37(55)47-19-15-16-32(53)48-28-22-29(50-39(57)66-43(7,8)9)31(62-35-27(49-38(56)65-42(4,5)6)18-17-26(61-35)24-46-20-21-52)23-30(28)63-36-33(54)34(45(13,59)25-60-36)51(14)40(58)67-44(10,11)12/h17,27-31,33-36,46,52,54,59H,15-16,18-25H2,1-14H3,(H,47,55)(H,48,53)(H,49,56)(H,50,57)/t27-,28-,29+,30-,31+,33-,34-,35-,36-,45+/m1/s1. The molecule has 0 aromatic rings. The third-order valence-corrected chi connectivity index (χ3v) is 10.1. The molecule has 0 bridgehead atoms. The van der Waals surface area contributed by atoms with E-state index >= 15 is 0 Å². The first-order chi connectivity index (χ1) is 30.8. The number of aliphatic hydroxyl groups is 3. The van der Waals surface area contributed by atoms with Crippen LogP contribution in [0.2, 0.25) is 0 Å². The van der Waals surface area contributed by atoms with Crippen LogP contribution in [0.4, 0.5) is 19.2 Å². The normalized spacial score (nSPS) is 28.1. The molecule has 0 radical (unpaired) electrons. The van der Waals surface area contributed by atoms with E-state index in [1.807, 2.05) is 0 Å². The van der Waals surface area contributed by atoms with E-state index in [9.17, 15) is 39.3 Å². The van der Waals surface area contributed by atoms with Gasteiger partial charge < -0.3 is 84.7 Å². The van der Waals surface area contributed by atoms with Crippen LogP contribution in [0.5, 0.6) is 0 Å². The van der Waals surface area contributed by atoms with Crippen molar-refractivity contribution in [1.29, 1.82) is 0 Å². The fourth-order valence-electron chi connectivity index (χ4n) is 7.50. The van der Waals surface area contributed by atoms with Crippen molar-refractivity contribution in [2.24, 2.45) is 0 Å². The molecule has 0 spiro atoms. The predicted octanol–water partition coefficient (Wildman–Crippen LogP) is 3.04. The first-order valence-corrected chi connectivity index (χ1v) is 23.0. The van der Waals surface area contributed by atoms with Gasteiger partial charge in [0, 0.05) is 33.0 Å². The Hall–Kier alpha value is -4.19. The van der Waals surface area contributed by atoms with Gasteiger partial charge in [0.2, 0.25) is 12.2 Å². The van der Waals surface area contributed by atoms with Crippen LogP contribution in [0.15, 0.2) is 11.8 Å². The highest BCUT2D eigenvalue weighted by Gasteiger charge is 2.53. The lowest BCUT2D eigenvalue weighted by Gasteiger charge is -2.49. The molecular formula is C45H80N6O16. The minimum absolute atomic E-state index is 0.0319. The van der Waals surface area contributed by atoms with Gasteiger partial charge in [0.05, 0.1) is 56.1 Å². The van der Waals surface area contributed by atoms with E-state index in [2.05, 4.69) is 26.6 Å². The lowest BCUT2D eigenvalue weighted by molar-refractivity contribution is -0.298. The number of alkyl carbamates (subject to hydrolysis) is 3. The molecule has 2 aliphatic heterocycles. The van der Waals surface area contributed by atoms with Crippen molar-refractivity contribution in [3.05, 3.63) is 11.8 Å². The minimum atomic E-state index is -1.77. The van der Waals surface area contributed by atoms with Crippen molar-refractivity contribution in [3.63, 3.8) is 0 Å². The number of hydrogen-bond donors (Lipinski definition) is 8. The van der Waals surface area contributed by atoms with Crippen LogP contribution in [-0.2, 0) is 42.7 Å². The zero-order valence-electron chi connectivity index (χ0n) is 41.9. The Labute approximate surface area is 395 Å². The third-order valence-electron chi connectivity index (χ3n) is 10.1. The highest BCUT2D eigenvalue weighted by molar-refractivity contribution is 5.76. The molecule has 0 aromatic carbocycles. The summed E-state index contributed by atoms with van der Waals surface area (Å²) in [7, 11) is 1.38. The topological polar surface area (TPSA) is 283 Å². The van der Waals surface area contributed by atoms with Gasteiger partial charge in [-0.25, -0.2) is 19.2 Å². The number of hydrogen-bond acceptors (Lipinski definition) is 17. The van der Waals surface area contributed by atoms with Crippen LogP contribution in [0.3, 0.4) is 0 Å². The molecule has 67 heavy (non-hydrogen) atoms. The van der Waals surface area contributed by atoms with E-state index in [-0.39, 0.29) is 65.0 Å². The van der Waals surface area contributed by atoms with Crippen molar-refractivity contribution in [2.75, 3.05) is 39.9 Å². The Morgan fingerprint density at radius 1 is 0.746 bits per heavy atom. The van der Waals surface area contributed by atoms with E-state index < -0.39 is 113 Å². The van der Waals surface area contributed by atoms with E-state index in [0.29, 0.717) is 5.76 Å². The zero-order chi connectivity index (χ0) is 50.7. The Bertz CT molecular complexity index is 1690. The summed E-state index contributed by atoms with van der Waals surface area (Å²) in [6.45, 7) is 22.1. The van der Waals surface area contributed by atoms with Crippen LogP contribution >= 0.6 is 0 Å². The lowest BCUT2D eigenvalue weighted by atomic mass is 9.85. The molecule has 1 aliphatic carbocycles. The van der Waals surface area contributed by atoms with E-state index in [1.54, 1.807) is 89.2 Å². The van der Waals surface area contributed by atoms with Gasteiger partial charge in [-0.1, -0.05) is 0 Å². The quantitative estimate of drug-likeness (QED) is 0.0815. The number of carbonyl (C=O) groups excluding carboxylic acids is 5.